The average molecular weight is 221 g/mol. The fourth-order valence-corrected chi connectivity index (χ4v) is 3.05. The number of hydrogen-bond acceptors (Lipinski definition) is 4. The maximum absolute atomic E-state index is 11.8. The molecule has 84 valence electrons. The van der Waals surface area contributed by atoms with Crippen molar-refractivity contribution in [3.63, 3.8) is 0 Å². The highest BCUT2D eigenvalue weighted by Gasteiger charge is 2.21. The van der Waals surface area contributed by atoms with Gasteiger partial charge in [-0.05, 0) is 19.9 Å². The summed E-state index contributed by atoms with van der Waals surface area (Å²) < 4.78 is 16.9. The van der Waals surface area contributed by atoms with Gasteiger partial charge in [-0.3, -0.25) is 4.21 Å². The maximum Gasteiger partial charge on any atom is 0.0779 e. The van der Waals surface area contributed by atoms with Crippen molar-refractivity contribution >= 4 is 10.8 Å². The molecule has 0 aromatic carbocycles. The van der Waals surface area contributed by atoms with Gasteiger partial charge >= 0.3 is 0 Å². The van der Waals surface area contributed by atoms with Gasteiger partial charge in [0.25, 0.3) is 0 Å². The van der Waals surface area contributed by atoms with E-state index in [-0.39, 0.29) is 5.25 Å². The molecule has 4 nitrogen and oxygen atoms in total. The maximum atomic E-state index is 11.8. The van der Waals surface area contributed by atoms with Gasteiger partial charge < -0.3 is 15.2 Å². The number of rotatable bonds is 5. The SMILES string of the molecule is CNCC(O)CS(=O)C1CCOCC1. The number of likely N-dealkylation sites (N-methyl/N-ethyl adjacent to an activating group) is 1. The van der Waals surface area contributed by atoms with Crippen molar-refractivity contribution in [1.82, 2.24) is 5.32 Å². The predicted octanol–water partition coefficient (Wildman–Crippen LogP) is -0.506. The summed E-state index contributed by atoms with van der Waals surface area (Å²) in [5.41, 5.74) is 0. The second kappa shape index (κ2) is 6.50. The molecule has 2 atom stereocenters. The van der Waals surface area contributed by atoms with Gasteiger partial charge in [0.15, 0.2) is 0 Å². The Morgan fingerprint density at radius 3 is 2.79 bits per heavy atom. The zero-order valence-corrected chi connectivity index (χ0v) is 9.39. The minimum Gasteiger partial charge on any atom is -0.391 e. The van der Waals surface area contributed by atoms with Crippen molar-refractivity contribution < 1.29 is 14.1 Å². The summed E-state index contributed by atoms with van der Waals surface area (Å²) >= 11 is 0. The molecule has 1 heterocycles. The van der Waals surface area contributed by atoms with Crippen molar-refractivity contribution in [3.05, 3.63) is 0 Å². The first-order chi connectivity index (χ1) is 6.74. The third-order valence-electron chi connectivity index (χ3n) is 2.34. The minimum absolute atomic E-state index is 0.218. The van der Waals surface area contributed by atoms with Crippen molar-refractivity contribution in [3.8, 4) is 0 Å². The highest BCUT2D eigenvalue weighted by molar-refractivity contribution is 7.85. The van der Waals surface area contributed by atoms with E-state index in [4.69, 9.17) is 4.74 Å². The van der Waals surface area contributed by atoms with Crippen molar-refractivity contribution in [2.24, 2.45) is 0 Å². The normalized spacial score (nSPS) is 23.3. The lowest BCUT2D eigenvalue weighted by molar-refractivity contribution is 0.0989. The van der Waals surface area contributed by atoms with Crippen LogP contribution in [0.15, 0.2) is 0 Å². The molecule has 14 heavy (non-hydrogen) atoms. The van der Waals surface area contributed by atoms with Crippen LogP contribution in [0.3, 0.4) is 0 Å². The average Bonchev–Trinajstić information content (AvgIpc) is 2.19. The Morgan fingerprint density at radius 2 is 2.21 bits per heavy atom. The van der Waals surface area contributed by atoms with Crippen molar-refractivity contribution in [2.75, 3.05) is 32.6 Å². The molecule has 0 spiro atoms. The van der Waals surface area contributed by atoms with E-state index in [1.807, 2.05) is 0 Å². The highest BCUT2D eigenvalue weighted by Crippen LogP contribution is 2.13. The van der Waals surface area contributed by atoms with Crippen LogP contribution in [-0.4, -0.2) is 53.2 Å². The van der Waals surface area contributed by atoms with Gasteiger partial charge in [0, 0.05) is 35.8 Å². The molecule has 0 aliphatic carbocycles. The van der Waals surface area contributed by atoms with Crippen molar-refractivity contribution in [2.45, 2.75) is 24.2 Å². The Balaban J connectivity index is 2.25. The predicted molar refractivity (Wildman–Crippen MR) is 56.8 cm³/mol. The molecular formula is C9H19NO3S. The molecule has 0 aromatic rings. The van der Waals surface area contributed by atoms with E-state index in [2.05, 4.69) is 5.32 Å². The van der Waals surface area contributed by atoms with Crippen LogP contribution in [-0.2, 0) is 15.5 Å². The molecule has 5 heteroatoms. The van der Waals surface area contributed by atoms with E-state index in [1.165, 1.54) is 0 Å². The third kappa shape index (κ3) is 4.04. The summed E-state index contributed by atoms with van der Waals surface area (Å²) in [7, 11) is 0.870. The van der Waals surface area contributed by atoms with Gasteiger partial charge in [-0.25, -0.2) is 0 Å². The standard InChI is InChI=1S/C9H19NO3S/c1-10-6-8(11)7-14(12)9-2-4-13-5-3-9/h8-11H,2-7H2,1H3. The van der Waals surface area contributed by atoms with Gasteiger partial charge in [0.2, 0.25) is 0 Å². The van der Waals surface area contributed by atoms with Crippen LogP contribution < -0.4 is 5.32 Å². The molecule has 0 amide bonds. The smallest absolute Gasteiger partial charge is 0.0779 e. The first kappa shape index (κ1) is 12.1. The molecule has 0 saturated carbocycles. The lowest BCUT2D eigenvalue weighted by Crippen LogP contribution is -2.34. The molecule has 0 aromatic heterocycles. The first-order valence-corrected chi connectivity index (χ1v) is 6.40. The number of aliphatic hydroxyl groups is 1. The van der Waals surface area contributed by atoms with Crippen LogP contribution in [0.4, 0.5) is 0 Å². The lowest BCUT2D eigenvalue weighted by atomic mass is 10.2. The quantitative estimate of drug-likeness (QED) is 0.657. The second-order valence-electron chi connectivity index (χ2n) is 3.57. The van der Waals surface area contributed by atoms with Crippen LogP contribution in [0, 0.1) is 0 Å². The number of aliphatic hydroxyl groups excluding tert-OH is 1. The molecule has 1 saturated heterocycles. The Morgan fingerprint density at radius 1 is 1.57 bits per heavy atom. The van der Waals surface area contributed by atoms with E-state index in [0.29, 0.717) is 25.5 Å². The fourth-order valence-electron chi connectivity index (χ4n) is 1.56. The lowest BCUT2D eigenvalue weighted by Gasteiger charge is -2.22. The summed E-state index contributed by atoms with van der Waals surface area (Å²) in [6.07, 6.45) is 1.22. The Hall–Kier alpha value is 0.0300. The summed E-state index contributed by atoms with van der Waals surface area (Å²) in [6.45, 7) is 1.92. The molecular weight excluding hydrogens is 202 g/mol. The summed E-state index contributed by atoms with van der Waals surface area (Å²) in [6, 6.07) is 0. The van der Waals surface area contributed by atoms with E-state index in [9.17, 15) is 9.32 Å². The van der Waals surface area contributed by atoms with E-state index in [0.717, 1.165) is 12.8 Å². The first-order valence-electron chi connectivity index (χ1n) is 5.01. The van der Waals surface area contributed by atoms with Crippen LogP contribution >= 0.6 is 0 Å². The molecule has 1 aliphatic heterocycles. The largest absolute Gasteiger partial charge is 0.391 e. The minimum atomic E-state index is -0.908. The Bertz CT molecular complexity index is 183. The summed E-state index contributed by atoms with van der Waals surface area (Å²) in [5.74, 6) is 0.380. The van der Waals surface area contributed by atoms with Crippen LogP contribution in [0.2, 0.25) is 0 Å². The van der Waals surface area contributed by atoms with Gasteiger partial charge in [-0.1, -0.05) is 0 Å². The van der Waals surface area contributed by atoms with E-state index < -0.39 is 16.9 Å². The van der Waals surface area contributed by atoms with Gasteiger partial charge in [0.1, 0.15) is 0 Å². The van der Waals surface area contributed by atoms with Crippen molar-refractivity contribution in [1.29, 1.82) is 0 Å². The fraction of sp³-hybridized carbons (Fsp3) is 1.00. The molecule has 1 rings (SSSR count). The van der Waals surface area contributed by atoms with Gasteiger partial charge in [-0.2, -0.15) is 0 Å². The monoisotopic (exact) mass is 221 g/mol. The zero-order valence-electron chi connectivity index (χ0n) is 8.57. The number of ether oxygens (including phenoxy) is 1. The summed E-state index contributed by atoms with van der Waals surface area (Å²) in [4.78, 5) is 0. The summed E-state index contributed by atoms with van der Waals surface area (Å²) in [5, 5.41) is 12.5. The van der Waals surface area contributed by atoms with Crippen LogP contribution in [0.5, 0.6) is 0 Å². The molecule has 2 N–H and O–H groups in total. The topological polar surface area (TPSA) is 58.6 Å². The highest BCUT2D eigenvalue weighted by atomic mass is 32.2. The second-order valence-corrected chi connectivity index (χ2v) is 5.33. The van der Waals surface area contributed by atoms with Gasteiger partial charge in [-0.15, -0.1) is 0 Å². The van der Waals surface area contributed by atoms with E-state index >= 15 is 0 Å². The Kier molecular flexibility index (Phi) is 5.62. The van der Waals surface area contributed by atoms with Gasteiger partial charge in [0.05, 0.1) is 11.9 Å². The Labute approximate surface area is 87.5 Å². The molecule has 0 radical (unpaired) electrons. The number of nitrogens with one attached hydrogen (secondary N) is 1. The van der Waals surface area contributed by atoms with Crippen LogP contribution in [0.25, 0.3) is 0 Å². The van der Waals surface area contributed by atoms with Crippen LogP contribution in [0.1, 0.15) is 12.8 Å². The molecule has 0 bridgehead atoms. The molecule has 1 fully saturated rings. The third-order valence-corrected chi connectivity index (χ3v) is 4.26. The number of hydrogen-bond donors (Lipinski definition) is 2. The molecule has 1 aliphatic rings. The molecule has 2 unspecified atom stereocenters. The van der Waals surface area contributed by atoms with E-state index in [1.54, 1.807) is 7.05 Å². The zero-order chi connectivity index (χ0) is 10.4.